The first-order valence-corrected chi connectivity index (χ1v) is 4.99. The maximum atomic E-state index is 9.71. The second-order valence-electron chi connectivity index (χ2n) is 3.57. The van der Waals surface area contributed by atoms with Crippen LogP contribution in [0.4, 0.5) is 0 Å². The number of phenols is 1. The van der Waals surface area contributed by atoms with Crippen LogP contribution in [-0.4, -0.2) is 38.2 Å². The summed E-state index contributed by atoms with van der Waals surface area (Å²) < 4.78 is 0. The third kappa shape index (κ3) is 2.93. The van der Waals surface area contributed by atoms with Gasteiger partial charge < -0.3 is 25.5 Å². The molecule has 1 rings (SSSR count). The van der Waals surface area contributed by atoms with Crippen LogP contribution >= 0.6 is 0 Å². The smallest absolute Gasteiger partial charge is 0.121 e. The molecule has 1 aromatic rings. The van der Waals surface area contributed by atoms with Crippen molar-refractivity contribution >= 4 is 0 Å². The highest BCUT2D eigenvalue weighted by molar-refractivity contribution is 5.36. The highest BCUT2D eigenvalue weighted by Crippen LogP contribution is 2.25. The first-order valence-electron chi connectivity index (χ1n) is 4.99. The fraction of sp³-hybridized carbons (Fsp3) is 0.455. The molecule has 0 fully saturated rings. The van der Waals surface area contributed by atoms with Gasteiger partial charge in [0.25, 0.3) is 0 Å². The highest BCUT2D eigenvalue weighted by Gasteiger charge is 2.18. The lowest BCUT2D eigenvalue weighted by Crippen LogP contribution is -2.19. The molecule has 1 aromatic carbocycles. The van der Waals surface area contributed by atoms with Gasteiger partial charge in [-0.05, 0) is 24.1 Å². The van der Waals surface area contributed by atoms with Crippen LogP contribution in [0.25, 0.3) is 0 Å². The third-order valence-electron chi connectivity index (χ3n) is 2.40. The Kier molecular flexibility index (Phi) is 4.70. The molecule has 0 saturated carbocycles. The van der Waals surface area contributed by atoms with Crippen LogP contribution in [0.2, 0.25) is 0 Å². The van der Waals surface area contributed by atoms with E-state index >= 15 is 0 Å². The average molecular weight is 228 g/mol. The van der Waals surface area contributed by atoms with E-state index in [0.717, 1.165) is 0 Å². The molecular weight excluding hydrogens is 212 g/mol. The highest BCUT2D eigenvalue weighted by atomic mass is 16.3. The van der Waals surface area contributed by atoms with E-state index in [0.29, 0.717) is 5.56 Å². The number of hydrogen-bond acceptors (Lipinski definition) is 5. The molecule has 0 aliphatic heterocycles. The maximum Gasteiger partial charge on any atom is 0.121 e. The first kappa shape index (κ1) is 12.9. The van der Waals surface area contributed by atoms with Crippen LogP contribution in [0, 0.1) is 0 Å². The summed E-state index contributed by atoms with van der Waals surface area (Å²) in [6.07, 6.45) is -2.14. The second kappa shape index (κ2) is 5.81. The maximum absolute atomic E-state index is 9.71. The molecule has 0 aromatic heterocycles. The van der Waals surface area contributed by atoms with Gasteiger partial charge in [0.15, 0.2) is 0 Å². The van der Waals surface area contributed by atoms with E-state index < -0.39 is 12.2 Å². The Morgan fingerprint density at radius 2 is 1.81 bits per heavy atom. The fourth-order valence-corrected chi connectivity index (χ4v) is 1.43. The predicted octanol–water partition coefficient (Wildman–Crippen LogP) is -0.339. The summed E-state index contributed by atoms with van der Waals surface area (Å²) in [6, 6.07) is 4.22. The van der Waals surface area contributed by atoms with Crippen LogP contribution in [0.1, 0.15) is 23.7 Å². The lowest BCUT2D eigenvalue weighted by molar-refractivity contribution is 0.00411. The number of hydrogen-bond donors (Lipinski definition) is 5. The monoisotopic (exact) mass is 228 g/mol. The SMILES string of the molecule is OCCC(O)C(O)c1ccc(O)c(CO)c1. The summed E-state index contributed by atoms with van der Waals surface area (Å²) in [5.74, 6) is -0.0601. The molecule has 0 aliphatic rings. The molecule has 5 nitrogen and oxygen atoms in total. The van der Waals surface area contributed by atoms with Crippen LogP contribution in [-0.2, 0) is 6.61 Å². The lowest BCUT2D eigenvalue weighted by atomic mass is 10.00. The average Bonchev–Trinajstić information content (AvgIpc) is 2.29. The van der Waals surface area contributed by atoms with Crippen LogP contribution in [0.3, 0.4) is 0 Å². The van der Waals surface area contributed by atoms with Crippen LogP contribution in [0.5, 0.6) is 5.75 Å². The first-order chi connectivity index (χ1) is 7.60. The molecule has 0 bridgehead atoms. The molecule has 2 unspecified atom stereocenters. The minimum atomic E-state index is -1.14. The Bertz CT molecular complexity index is 339. The topological polar surface area (TPSA) is 101 Å². The Labute approximate surface area is 93.2 Å². The van der Waals surface area contributed by atoms with Gasteiger partial charge in [-0.3, -0.25) is 0 Å². The number of aromatic hydroxyl groups is 1. The van der Waals surface area contributed by atoms with Crippen molar-refractivity contribution in [2.24, 2.45) is 0 Å². The van der Waals surface area contributed by atoms with E-state index in [1.165, 1.54) is 18.2 Å². The van der Waals surface area contributed by atoms with E-state index in [9.17, 15) is 15.3 Å². The van der Waals surface area contributed by atoms with Gasteiger partial charge in [-0.1, -0.05) is 6.07 Å². The summed E-state index contributed by atoms with van der Waals surface area (Å²) >= 11 is 0. The van der Waals surface area contributed by atoms with E-state index in [1.54, 1.807) is 0 Å². The van der Waals surface area contributed by atoms with Crippen molar-refractivity contribution in [1.29, 1.82) is 0 Å². The summed E-state index contributed by atoms with van der Waals surface area (Å²) in [4.78, 5) is 0. The quantitative estimate of drug-likeness (QED) is 0.474. The standard InChI is InChI=1S/C11H16O5/c12-4-3-10(15)11(16)7-1-2-9(14)8(5-7)6-13/h1-2,5,10-16H,3-4,6H2. The van der Waals surface area contributed by atoms with E-state index in [-0.39, 0.29) is 30.9 Å². The molecule has 0 heterocycles. The predicted molar refractivity (Wildman–Crippen MR) is 56.7 cm³/mol. The molecular formula is C11H16O5. The van der Waals surface area contributed by atoms with Crippen molar-refractivity contribution in [2.75, 3.05) is 6.61 Å². The normalized spacial score (nSPS) is 14.8. The van der Waals surface area contributed by atoms with Crippen molar-refractivity contribution in [3.63, 3.8) is 0 Å². The van der Waals surface area contributed by atoms with Gasteiger partial charge in [0.2, 0.25) is 0 Å². The van der Waals surface area contributed by atoms with E-state index in [2.05, 4.69) is 0 Å². The Morgan fingerprint density at radius 1 is 1.12 bits per heavy atom. The molecule has 0 radical (unpaired) electrons. The molecule has 2 atom stereocenters. The van der Waals surface area contributed by atoms with Gasteiger partial charge in [0.05, 0.1) is 12.7 Å². The number of aliphatic hydroxyl groups excluding tert-OH is 4. The van der Waals surface area contributed by atoms with Gasteiger partial charge >= 0.3 is 0 Å². The van der Waals surface area contributed by atoms with E-state index in [1.807, 2.05) is 0 Å². The fourth-order valence-electron chi connectivity index (χ4n) is 1.43. The number of benzene rings is 1. The summed E-state index contributed by atoms with van der Waals surface area (Å²) in [5, 5.41) is 46.0. The summed E-state index contributed by atoms with van der Waals surface area (Å²) in [5.41, 5.74) is 0.676. The summed E-state index contributed by atoms with van der Waals surface area (Å²) in [7, 11) is 0. The van der Waals surface area contributed by atoms with Crippen molar-refractivity contribution in [1.82, 2.24) is 0 Å². The van der Waals surface area contributed by atoms with Crippen molar-refractivity contribution in [3.8, 4) is 5.75 Å². The third-order valence-corrected chi connectivity index (χ3v) is 2.40. The largest absolute Gasteiger partial charge is 0.508 e. The van der Waals surface area contributed by atoms with Crippen LogP contribution < -0.4 is 0 Å². The van der Waals surface area contributed by atoms with E-state index in [4.69, 9.17) is 10.2 Å². The van der Waals surface area contributed by atoms with Crippen molar-refractivity contribution in [3.05, 3.63) is 29.3 Å². The molecule has 90 valence electrons. The Hall–Kier alpha value is -1.14. The van der Waals surface area contributed by atoms with Gasteiger partial charge in [-0.15, -0.1) is 0 Å². The molecule has 16 heavy (non-hydrogen) atoms. The minimum absolute atomic E-state index is 0.0601. The zero-order chi connectivity index (χ0) is 12.1. The van der Waals surface area contributed by atoms with Crippen LogP contribution in [0.15, 0.2) is 18.2 Å². The molecule has 5 N–H and O–H groups in total. The van der Waals surface area contributed by atoms with Gasteiger partial charge in [0.1, 0.15) is 11.9 Å². The summed E-state index contributed by atoms with van der Waals surface area (Å²) in [6.45, 7) is -0.564. The molecule has 0 aliphatic carbocycles. The Morgan fingerprint density at radius 3 is 2.38 bits per heavy atom. The minimum Gasteiger partial charge on any atom is -0.508 e. The number of rotatable bonds is 5. The molecule has 0 amide bonds. The molecule has 5 heteroatoms. The Balaban J connectivity index is 2.87. The molecule has 0 saturated heterocycles. The zero-order valence-electron chi connectivity index (χ0n) is 8.74. The van der Waals surface area contributed by atoms with Gasteiger partial charge in [0, 0.05) is 12.2 Å². The second-order valence-corrected chi connectivity index (χ2v) is 3.57. The lowest BCUT2D eigenvalue weighted by Gasteiger charge is -2.18. The van der Waals surface area contributed by atoms with Crippen molar-refractivity contribution in [2.45, 2.75) is 25.2 Å². The van der Waals surface area contributed by atoms with Gasteiger partial charge in [-0.2, -0.15) is 0 Å². The zero-order valence-corrected chi connectivity index (χ0v) is 8.74. The molecule has 0 spiro atoms. The van der Waals surface area contributed by atoms with Gasteiger partial charge in [-0.25, -0.2) is 0 Å². The van der Waals surface area contributed by atoms with Crippen molar-refractivity contribution < 1.29 is 25.5 Å². The number of aliphatic hydroxyl groups is 4.